The van der Waals surface area contributed by atoms with Crippen molar-refractivity contribution in [2.75, 3.05) is 0 Å². The summed E-state index contributed by atoms with van der Waals surface area (Å²) in [6.45, 7) is 1.07. The highest BCUT2D eigenvalue weighted by atomic mass is 35.5. The summed E-state index contributed by atoms with van der Waals surface area (Å²) in [5.74, 6) is -0.278. The van der Waals surface area contributed by atoms with Gasteiger partial charge >= 0.3 is 0 Å². The Balaban J connectivity index is 0.00000162. The molecule has 0 aliphatic carbocycles. The van der Waals surface area contributed by atoms with Crippen LogP contribution in [0.2, 0.25) is 5.02 Å². The fraction of sp³-hybridized carbons (Fsp3) is 0.154. The van der Waals surface area contributed by atoms with Crippen molar-refractivity contribution in [3.05, 3.63) is 64.7 Å². The molecule has 0 bridgehead atoms. The van der Waals surface area contributed by atoms with E-state index in [-0.39, 0.29) is 18.2 Å². The molecule has 0 spiro atoms. The van der Waals surface area contributed by atoms with Crippen LogP contribution >= 0.6 is 24.0 Å². The zero-order chi connectivity index (χ0) is 12.1. The van der Waals surface area contributed by atoms with Gasteiger partial charge in [-0.2, -0.15) is 0 Å². The summed E-state index contributed by atoms with van der Waals surface area (Å²) in [5, 5.41) is 3.60. The van der Waals surface area contributed by atoms with Gasteiger partial charge in [0.1, 0.15) is 5.82 Å². The molecule has 18 heavy (non-hydrogen) atoms. The third kappa shape index (κ3) is 3.95. The fourth-order valence-corrected chi connectivity index (χ4v) is 1.76. The van der Waals surface area contributed by atoms with E-state index >= 15 is 0 Å². The third-order valence-electron chi connectivity index (χ3n) is 2.44. The minimum atomic E-state index is -0.278. The summed E-state index contributed by atoms with van der Waals surface area (Å²) in [6.07, 6.45) is 3.46. The topological polar surface area (TPSA) is 24.9 Å². The van der Waals surface area contributed by atoms with Crippen LogP contribution in [0, 0.1) is 5.82 Å². The molecule has 0 saturated heterocycles. The number of aromatic nitrogens is 1. The molecule has 2 rings (SSSR count). The SMILES string of the molecule is Cl.Fc1cccc(Cl)c1CNCc1ccncc1. The Morgan fingerprint density at radius 1 is 1.11 bits per heavy atom. The minimum absolute atomic E-state index is 0. The summed E-state index contributed by atoms with van der Waals surface area (Å²) in [5.41, 5.74) is 1.61. The Morgan fingerprint density at radius 3 is 2.50 bits per heavy atom. The van der Waals surface area contributed by atoms with E-state index in [9.17, 15) is 4.39 Å². The van der Waals surface area contributed by atoms with Crippen molar-refractivity contribution in [2.24, 2.45) is 0 Å². The molecule has 0 saturated carbocycles. The van der Waals surface area contributed by atoms with E-state index in [2.05, 4.69) is 10.3 Å². The van der Waals surface area contributed by atoms with Gasteiger partial charge in [0.2, 0.25) is 0 Å². The molecule has 0 amide bonds. The Kier molecular flexibility index (Phi) is 6.05. The molecule has 1 aromatic carbocycles. The lowest BCUT2D eigenvalue weighted by Crippen LogP contribution is -2.14. The van der Waals surface area contributed by atoms with E-state index in [1.165, 1.54) is 6.07 Å². The van der Waals surface area contributed by atoms with Crippen molar-refractivity contribution in [1.29, 1.82) is 0 Å². The summed E-state index contributed by atoms with van der Waals surface area (Å²) >= 11 is 5.92. The molecule has 2 aromatic rings. The van der Waals surface area contributed by atoms with E-state index in [0.29, 0.717) is 23.7 Å². The second-order valence-electron chi connectivity index (χ2n) is 3.66. The lowest BCUT2D eigenvalue weighted by Gasteiger charge is -2.07. The van der Waals surface area contributed by atoms with Gasteiger partial charge in [0.15, 0.2) is 0 Å². The number of hydrogen-bond donors (Lipinski definition) is 1. The Hall–Kier alpha value is -1.16. The molecule has 0 aliphatic rings. The van der Waals surface area contributed by atoms with Crippen molar-refractivity contribution in [3.8, 4) is 0 Å². The number of nitrogens with one attached hydrogen (secondary N) is 1. The maximum absolute atomic E-state index is 13.4. The highest BCUT2D eigenvalue weighted by Gasteiger charge is 2.05. The molecule has 96 valence electrons. The Bertz CT molecular complexity index is 471. The maximum atomic E-state index is 13.4. The summed E-state index contributed by atoms with van der Waals surface area (Å²) < 4.78 is 13.4. The normalized spacial score (nSPS) is 9.89. The van der Waals surface area contributed by atoms with Gasteiger partial charge in [-0.3, -0.25) is 4.98 Å². The molecule has 1 heterocycles. The van der Waals surface area contributed by atoms with Crippen LogP contribution in [0.5, 0.6) is 0 Å². The summed E-state index contributed by atoms with van der Waals surface area (Å²) in [4.78, 5) is 3.93. The zero-order valence-electron chi connectivity index (χ0n) is 9.57. The predicted octanol–water partition coefficient (Wildman–Crippen LogP) is 3.59. The minimum Gasteiger partial charge on any atom is -0.308 e. The molecule has 0 unspecified atom stereocenters. The van der Waals surface area contributed by atoms with Gasteiger partial charge in [-0.05, 0) is 29.8 Å². The largest absolute Gasteiger partial charge is 0.308 e. The van der Waals surface area contributed by atoms with Crippen molar-refractivity contribution in [1.82, 2.24) is 10.3 Å². The molecule has 0 fully saturated rings. The molecule has 0 radical (unpaired) electrons. The fourth-order valence-electron chi connectivity index (χ4n) is 1.53. The lowest BCUT2D eigenvalue weighted by atomic mass is 10.2. The van der Waals surface area contributed by atoms with Crippen LogP contribution < -0.4 is 5.32 Å². The van der Waals surface area contributed by atoms with Crippen LogP contribution in [0.15, 0.2) is 42.7 Å². The first kappa shape index (κ1) is 14.9. The zero-order valence-corrected chi connectivity index (χ0v) is 11.1. The number of benzene rings is 1. The van der Waals surface area contributed by atoms with Crippen LogP contribution in [0.3, 0.4) is 0 Å². The molecule has 2 nitrogen and oxygen atoms in total. The number of halogens is 3. The molecular formula is C13H13Cl2FN2. The van der Waals surface area contributed by atoms with Crippen molar-refractivity contribution in [3.63, 3.8) is 0 Å². The lowest BCUT2D eigenvalue weighted by molar-refractivity contribution is 0.588. The molecule has 0 aliphatic heterocycles. The number of hydrogen-bond acceptors (Lipinski definition) is 2. The Morgan fingerprint density at radius 2 is 1.83 bits per heavy atom. The van der Waals surface area contributed by atoms with Crippen molar-refractivity contribution in [2.45, 2.75) is 13.1 Å². The van der Waals surface area contributed by atoms with Crippen LogP contribution in [0.4, 0.5) is 4.39 Å². The molecule has 0 atom stereocenters. The van der Waals surface area contributed by atoms with Crippen LogP contribution in [-0.4, -0.2) is 4.98 Å². The Labute approximate surface area is 117 Å². The molecular weight excluding hydrogens is 274 g/mol. The second kappa shape index (κ2) is 7.31. The van der Waals surface area contributed by atoms with Gasteiger partial charge in [-0.15, -0.1) is 12.4 Å². The van der Waals surface area contributed by atoms with Gasteiger partial charge < -0.3 is 5.32 Å². The predicted molar refractivity (Wildman–Crippen MR) is 73.4 cm³/mol. The number of pyridine rings is 1. The first-order chi connectivity index (χ1) is 8.27. The van der Waals surface area contributed by atoms with Gasteiger partial charge in [0, 0.05) is 36.1 Å². The van der Waals surface area contributed by atoms with Crippen LogP contribution in [0.1, 0.15) is 11.1 Å². The smallest absolute Gasteiger partial charge is 0.129 e. The van der Waals surface area contributed by atoms with Gasteiger partial charge in [-0.25, -0.2) is 4.39 Å². The summed E-state index contributed by atoms with van der Waals surface area (Å²) in [7, 11) is 0. The molecule has 1 N–H and O–H groups in total. The second-order valence-corrected chi connectivity index (χ2v) is 4.07. The average molecular weight is 287 g/mol. The summed E-state index contributed by atoms with van der Waals surface area (Å²) in [6, 6.07) is 8.53. The molecule has 1 aromatic heterocycles. The van der Waals surface area contributed by atoms with Gasteiger partial charge in [0.05, 0.1) is 0 Å². The highest BCUT2D eigenvalue weighted by molar-refractivity contribution is 6.31. The van der Waals surface area contributed by atoms with E-state index < -0.39 is 0 Å². The number of rotatable bonds is 4. The van der Waals surface area contributed by atoms with E-state index in [1.54, 1.807) is 24.5 Å². The van der Waals surface area contributed by atoms with E-state index in [0.717, 1.165) is 5.56 Å². The van der Waals surface area contributed by atoms with E-state index in [1.807, 2.05) is 12.1 Å². The van der Waals surface area contributed by atoms with E-state index in [4.69, 9.17) is 11.6 Å². The monoisotopic (exact) mass is 286 g/mol. The van der Waals surface area contributed by atoms with Gasteiger partial charge in [0.25, 0.3) is 0 Å². The van der Waals surface area contributed by atoms with Crippen LogP contribution in [-0.2, 0) is 13.1 Å². The maximum Gasteiger partial charge on any atom is 0.129 e. The van der Waals surface area contributed by atoms with Crippen molar-refractivity contribution >= 4 is 24.0 Å². The number of nitrogens with zero attached hydrogens (tertiary/aromatic N) is 1. The standard InChI is InChI=1S/C13H12ClFN2.ClH/c14-12-2-1-3-13(15)11(12)9-17-8-10-4-6-16-7-5-10;/h1-7,17H,8-9H2;1H. The quantitative estimate of drug-likeness (QED) is 0.929. The average Bonchev–Trinajstić information content (AvgIpc) is 2.34. The first-order valence-corrected chi connectivity index (χ1v) is 5.67. The van der Waals surface area contributed by atoms with Crippen molar-refractivity contribution < 1.29 is 4.39 Å². The molecule has 5 heteroatoms. The van der Waals surface area contributed by atoms with Crippen LogP contribution in [0.25, 0.3) is 0 Å². The third-order valence-corrected chi connectivity index (χ3v) is 2.80. The van der Waals surface area contributed by atoms with Gasteiger partial charge in [-0.1, -0.05) is 17.7 Å². The first-order valence-electron chi connectivity index (χ1n) is 5.30. The highest BCUT2D eigenvalue weighted by Crippen LogP contribution is 2.18.